The van der Waals surface area contributed by atoms with Crippen molar-refractivity contribution in [1.82, 2.24) is 0 Å². The molecule has 0 heterocycles. The molecule has 2 aromatic rings. The van der Waals surface area contributed by atoms with Gasteiger partial charge in [0.2, 0.25) is 5.91 Å². The quantitative estimate of drug-likeness (QED) is 0.819. The third kappa shape index (κ3) is 3.76. The van der Waals surface area contributed by atoms with E-state index in [9.17, 15) is 4.79 Å². The van der Waals surface area contributed by atoms with Gasteiger partial charge in [0, 0.05) is 5.69 Å². The van der Waals surface area contributed by atoms with E-state index >= 15 is 0 Å². The van der Waals surface area contributed by atoms with Crippen molar-refractivity contribution in [2.45, 2.75) is 40.0 Å². The summed E-state index contributed by atoms with van der Waals surface area (Å²) in [5, 5.41) is 3.13. The summed E-state index contributed by atoms with van der Waals surface area (Å²) in [6.07, 6.45) is 0.972. The Morgan fingerprint density at radius 1 is 1.09 bits per heavy atom. The standard InChI is InChI=1S/C20H25NO/c1-5-15(3)19(17-9-7-6-8-10-17)20(22)21-18-13-14(2)11-12-16(18)4/h6-13,15,19H,5H2,1-4H3,(H,21,22)/t15-,19+/m0/s1. The number of aryl methyl sites for hydroxylation is 2. The highest BCUT2D eigenvalue weighted by molar-refractivity contribution is 5.96. The van der Waals surface area contributed by atoms with Gasteiger partial charge in [0.1, 0.15) is 0 Å². The second-order valence-corrected chi connectivity index (χ2v) is 6.08. The van der Waals surface area contributed by atoms with Gasteiger partial charge >= 0.3 is 0 Å². The van der Waals surface area contributed by atoms with Crippen LogP contribution in [-0.4, -0.2) is 5.91 Å². The maximum atomic E-state index is 12.9. The number of anilines is 1. The van der Waals surface area contributed by atoms with Gasteiger partial charge < -0.3 is 5.32 Å². The molecule has 0 saturated carbocycles. The zero-order valence-corrected chi connectivity index (χ0v) is 13.9. The van der Waals surface area contributed by atoms with Gasteiger partial charge in [-0.05, 0) is 42.5 Å². The largest absolute Gasteiger partial charge is 0.325 e. The number of nitrogens with one attached hydrogen (secondary N) is 1. The number of rotatable bonds is 5. The highest BCUT2D eigenvalue weighted by atomic mass is 16.1. The number of hydrogen-bond acceptors (Lipinski definition) is 1. The lowest BCUT2D eigenvalue weighted by atomic mass is 9.85. The van der Waals surface area contributed by atoms with Crippen molar-refractivity contribution in [3.05, 3.63) is 65.2 Å². The fourth-order valence-electron chi connectivity index (χ4n) is 2.72. The summed E-state index contributed by atoms with van der Waals surface area (Å²) in [4.78, 5) is 12.9. The maximum absolute atomic E-state index is 12.9. The Morgan fingerprint density at radius 3 is 2.41 bits per heavy atom. The first-order valence-corrected chi connectivity index (χ1v) is 7.96. The molecule has 0 fully saturated rings. The molecule has 116 valence electrons. The molecule has 0 unspecified atom stereocenters. The first-order valence-electron chi connectivity index (χ1n) is 7.96. The van der Waals surface area contributed by atoms with Gasteiger partial charge in [-0.1, -0.05) is 62.7 Å². The fourth-order valence-corrected chi connectivity index (χ4v) is 2.72. The summed E-state index contributed by atoms with van der Waals surface area (Å²) in [6, 6.07) is 16.2. The van der Waals surface area contributed by atoms with Gasteiger partial charge in [-0.15, -0.1) is 0 Å². The van der Waals surface area contributed by atoms with E-state index in [1.54, 1.807) is 0 Å². The lowest BCUT2D eigenvalue weighted by Crippen LogP contribution is -2.26. The lowest BCUT2D eigenvalue weighted by molar-refractivity contribution is -0.118. The van der Waals surface area contributed by atoms with Crippen LogP contribution in [0.5, 0.6) is 0 Å². The Balaban J connectivity index is 2.28. The van der Waals surface area contributed by atoms with Crippen LogP contribution in [0.4, 0.5) is 5.69 Å². The van der Waals surface area contributed by atoms with Gasteiger partial charge in [0.05, 0.1) is 5.92 Å². The van der Waals surface area contributed by atoms with Gasteiger partial charge in [-0.25, -0.2) is 0 Å². The Labute approximate surface area is 133 Å². The van der Waals surface area contributed by atoms with Crippen molar-refractivity contribution in [2.24, 2.45) is 5.92 Å². The second-order valence-electron chi connectivity index (χ2n) is 6.08. The summed E-state index contributed by atoms with van der Waals surface area (Å²) in [7, 11) is 0. The van der Waals surface area contributed by atoms with Crippen molar-refractivity contribution in [2.75, 3.05) is 5.32 Å². The zero-order valence-electron chi connectivity index (χ0n) is 13.9. The monoisotopic (exact) mass is 295 g/mol. The van der Waals surface area contributed by atoms with Crippen molar-refractivity contribution in [3.8, 4) is 0 Å². The molecule has 2 heteroatoms. The Hall–Kier alpha value is -2.09. The van der Waals surface area contributed by atoms with Crippen molar-refractivity contribution >= 4 is 11.6 Å². The van der Waals surface area contributed by atoms with E-state index in [0.29, 0.717) is 5.92 Å². The third-order valence-corrected chi connectivity index (χ3v) is 4.31. The summed E-state index contributed by atoms with van der Waals surface area (Å²) in [5.41, 5.74) is 4.24. The molecule has 0 saturated heterocycles. The topological polar surface area (TPSA) is 29.1 Å². The Bertz CT molecular complexity index is 633. The molecule has 0 aliphatic rings. The van der Waals surface area contributed by atoms with Gasteiger partial charge in [0.25, 0.3) is 0 Å². The first kappa shape index (κ1) is 16.3. The van der Waals surface area contributed by atoms with Crippen LogP contribution in [0.2, 0.25) is 0 Å². The number of hydrogen-bond donors (Lipinski definition) is 1. The van der Waals surface area contributed by atoms with Crippen LogP contribution in [0.1, 0.15) is 42.9 Å². The van der Waals surface area contributed by atoms with Crippen LogP contribution in [-0.2, 0) is 4.79 Å². The van der Waals surface area contributed by atoms with Crippen molar-refractivity contribution in [3.63, 3.8) is 0 Å². The van der Waals surface area contributed by atoms with Crippen LogP contribution in [0.3, 0.4) is 0 Å². The molecule has 1 amide bonds. The van der Waals surface area contributed by atoms with Crippen LogP contribution in [0.25, 0.3) is 0 Å². The average molecular weight is 295 g/mol. The second kappa shape index (κ2) is 7.26. The Kier molecular flexibility index (Phi) is 5.37. The predicted octanol–water partition coefficient (Wildman–Crippen LogP) is 5.07. The molecule has 0 aliphatic carbocycles. The molecular formula is C20H25NO. The van der Waals surface area contributed by atoms with Crippen molar-refractivity contribution < 1.29 is 4.79 Å². The van der Waals surface area contributed by atoms with E-state index in [0.717, 1.165) is 28.8 Å². The molecule has 2 atom stereocenters. The van der Waals surface area contributed by atoms with Gasteiger partial charge in [0.15, 0.2) is 0 Å². The van der Waals surface area contributed by atoms with Crippen LogP contribution < -0.4 is 5.32 Å². The molecule has 0 aromatic heterocycles. The first-order chi connectivity index (χ1) is 10.5. The minimum Gasteiger partial charge on any atom is -0.325 e. The van der Waals surface area contributed by atoms with E-state index in [1.807, 2.05) is 56.3 Å². The Morgan fingerprint density at radius 2 is 1.77 bits per heavy atom. The van der Waals surface area contributed by atoms with Crippen LogP contribution >= 0.6 is 0 Å². The van der Waals surface area contributed by atoms with Crippen LogP contribution in [0.15, 0.2) is 48.5 Å². The zero-order chi connectivity index (χ0) is 16.1. The highest BCUT2D eigenvalue weighted by Crippen LogP contribution is 2.29. The molecule has 2 aromatic carbocycles. The summed E-state index contributed by atoms with van der Waals surface area (Å²) in [5.74, 6) is 0.257. The predicted molar refractivity (Wildman–Crippen MR) is 93.2 cm³/mol. The van der Waals surface area contributed by atoms with E-state index in [-0.39, 0.29) is 11.8 Å². The molecule has 0 aliphatic heterocycles. The van der Waals surface area contributed by atoms with E-state index in [4.69, 9.17) is 0 Å². The maximum Gasteiger partial charge on any atom is 0.232 e. The molecule has 0 spiro atoms. The number of benzene rings is 2. The van der Waals surface area contributed by atoms with Gasteiger partial charge in [-0.3, -0.25) is 4.79 Å². The summed E-state index contributed by atoms with van der Waals surface area (Å²) in [6.45, 7) is 8.33. The molecular weight excluding hydrogens is 270 g/mol. The molecule has 2 nitrogen and oxygen atoms in total. The lowest BCUT2D eigenvalue weighted by Gasteiger charge is -2.23. The number of carbonyl (C=O) groups is 1. The SMILES string of the molecule is CC[C@H](C)[C@@H](C(=O)Nc1cc(C)ccc1C)c1ccccc1. The minimum atomic E-state index is -0.119. The normalized spacial score (nSPS) is 13.5. The van der Waals surface area contributed by atoms with Crippen LogP contribution in [0, 0.1) is 19.8 Å². The summed E-state index contributed by atoms with van der Waals surface area (Å²) >= 11 is 0. The third-order valence-electron chi connectivity index (χ3n) is 4.31. The molecule has 0 bridgehead atoms. The number of carbonyl (C=O) groups excluding carboxylic acids is 1. The highest BCUT2D eigenvalue weighted by Gasteiger charge is 2.26. The van der Waals surface area contributed by atoms with Gasteiger partial charge in [-0.2, -0.15) is 0 Å². The smallest absolute Gasteiger partial charge is 0.232 e. The average Bonchev–Trinajstić information content (AvgIpc) is 2.52. The fraction of sp³-hybridized carbons (Fsp3) is 0.350. The molecule has 22 heavy (non-hydrogen) atoms. The van der Waals surface area contributed by atoms with E-state index in [1.165, 1.54) is 0 Å². The van der Waals surface area contributed by atoms with E-state index < -0.39 is 0 Å². The van der Waals surface area contributed by atoms with E-state index in [2.05, 4.69) is 25.2 Å². The number of amides is 1. The molecule has 1 N–H and O–H groups in total. The molecule has 0 radical (unpaired) electrons. The molecule has 2 rings (SSSR count). The minimum absolute atomic E-state index is 0.0780. The van der Waals surface area contributed by atoms with Crippen molar-refractivity contribution in [1.29, 1.82) is 0 Å². The summed E-state index contributed by atoms with van der Waals surface area (Å²) < 4.78 is 0.